The van der Waals surface area contributed by atoms with Gasteiger partial charge in [-0.05, 0) is 24.8 Å². The van der Waals surface area contributed by atoms with E-state index in [1.165, 1.54) is 0 Å². The lowest BCUT2D eigenvalue weighted by molar-refractivity contribution is 0.0203. The van der Waals surface area contributed by atoms with Crippen LogP contribution in [-0.4, -0.2) is 44.3 Å². The fourth-order valence-corrected chi connectivity index (χ4v) is 3.46. The molecule has 1 atom stereocenters. The van der Waals surface area contributed by atoms with Gasteiger partial charge >= 0.3 is 0 Å². The molecule has 2 aliphatic heterocycles. The maximum absolute atomic E-state index is 14.3. The van der Waals surface area contributed by atoms with E-state index in [0.717, 1.165) is 57.8 Å². The van der Waals surface area contributed by atoms with Crippen molar-refractivity contribution < 1.29 is 9.13 Å². The SMILES string of the molecule is Fc1ccccc1[C@@H](C1CCOCC1)N1CCNCC1. The normalized spacial score (nSPS) is 23.6. The number of nitrogens with one attached hydrogen (secondary N) is 1. The average molecular weight is 278 g/mol. The summed E-state index contributed by atoms with van der Waals surface area (Å²) in [5.74, 6) is 0.432. The van der Waals surface area contributed by atoms with Crippen LogP contribution in [0.4, 0.5) is 4.39 Å². The molecular formula is C16H23FN2O. The molecule has 110 valence electrons. The van der Waals surface area contributed by atoms with Crippen molar-refractivity contribution in [3.05, 3.63) is 35.6 Å². The standard InChI is InChI=1S/C16H23FN2O/c17-15-4-2-1-3-14(15)16(13-5-11-20-12-6-13)19-9-7-18-8-10-19/h1-4,13,16,18H,5-12H2/t16-/m1/s1. The zero-order valence-electron chi connectivity index (χ0n) is 11.9. The molecule has 20 heavy (non-hydrogen) atoms. The number of hydrogen-bond acceptors (Lipinski definition) is 3. The van der Waals surface area contributed by atoms with Crippen LogP contribution in [0, 0.1) is 11.7 Å². The summed E-state index contributed by atoms with van der Waals surface area (Å²) in [5.41, 5.74) is 0.862. The molecule has 3 rings (SSSR count). The largest absolute Gasteiger partial charge is 0.381 e. The van der Waals surface area contributed by atoms with Gasteiger partial charge in [-0.1, -0.05) is 18.2 Å². The van der Waals surface area contributed by atoms with E-state index in [9.17, 15) is 4.39 Å². The molecule has 0 radical (unpaired) electrons. The van der Waals surface area contributed by atoms with Gasteiger partial charge in [-0.3, -0.25) is 4.90 Å². The maximum atomic E-state index is 14.3. The summed E-state index contributed by atoms with van der Waals surface area (Å²) in [6.45, 7) is 5.60. The van der Waals surface area contributed by atoms with Crippen LogP contribution in [-0.2, 0) is 4.74 Å². The molecule has 1 aromatic carbocycles. The van der Waals surface area contributed by atoms with Crippen LogP contribution in [0.3, 0.4) is 0 Å². The van der Waals surface area contributed by atoms with Crippen molar-refractivity contribution in [1.29, 1.82) is 0 Å². The summed E-state index contributed by atoms with van der Waals surface area (Å²) in [7, 11) is 0. The van der Waals surface area contributed by atoms with Crippen molar-refractivity contribution in [1.82, 2.24) is 10.2 Å². The van der Waals surface area contributed by atoms with Gasteiger partial charge in [0.1, 0.15) is 5.82 Å². The highest BCUT2D eigenvalue weighted by Gasteiger charge is 2.32. The van der Waals surface area contributed by atoms with Crippen LogP contribution < -0.4 is 5.32 Å². The van der Waals surface area contributed by atoms with E-state index in [1.807, 2.05) is 12.1 Å². The Morgan fingerprint density at radius 2 is 1.85 bits per heavy atom. The Morgan fingerprint density at radius 3 is 2.55 bits per heavy atom. The first-order valence-corrected chi connectivity index (χ1v) is 7.63. The minimum absolute atomic E-state index is 0.0671. The summed E-state index contributed by atoms with van der Waals surface area (Å²) in [6.07, 6.45) is 2.06. The van der Waals surface area contributed by atoms with E-state index in [4.69, 9.17) is 4.74 Å². The van der Waals surface area contributed by atoms with Crippen LogP contribution in [0.15, 0.2) is 24.3 Å². The summed E-state index contributed by atoms with van der Waals surface area (Å²) >= 11 is 0. The summed E-state index contributed by atoms with van der Waals surface area (Å²) < 4.78 is 19.8. The number of nitrogens with zero attached hydrogens (tertiary/aromatic N) is 1. The topological polar surface area (TPSA) is 24.5 Å². The van der Waals surface area contributed by atoms with Gasteiger partial charge in [0.25, 0.3) is 0 Å². The van der Waals surface area contributed by atoms with Gasteiger partial charge in [-0.25, -0.2) is 4.39 Å². The van der Waals surface area contributed by atoms with Gasteiger partial charge in [0.15, 0.2) is 0 Å². The summed E-state index contributed by atoms with van der Waals surface area (Å²) in [5, 5.41) is 3.38. The van der Waals surface area contributed by atoms with Gasteiger partial charge < -0.3 is 10.1 Å². The molecule has 0 aliphatic carbocycles. The van der Waals surface area contributed by atoms with Crippen molar-refractivity contribution >= 4 is 0 Å². The molecule has 2 saturated heterocycles. The molecule has 0 unspecified atom stereocenters. The monoisotopic (exact) mass is 278 g/mol. The van der Waals surface area contributed by atoms with Crippen molar-refractivity contribution in [3.8, 4) is 0 Å². The van der Waals surface area contributed by atoms with Crippen molar-refractivity contribution in [3.63, 3.8) is 0 Å². The highest BCUT2D eigenvalue weighted by atomic mass is 19.1. The molecule has 2 heterocycles. The smallest absolute Gasteiger partial charge is 0.127 e. The third kappa shape index (κ3) is 3.03. The van der Waals surface area contributed by atoms with Crippen LogP contribution in [0.1, 0.15) is 24.4 Å². The fourth-order valence-electron chi connectivity index (χ4n) is 3.46. The molecule has 0 spiro atoms. The fraction of sp³-hybridized carbons (Fsp3) is 0.625. The van der Waals surface area contributed by atoms with Gasteiger partial charge in [0.05, 0.1) is 0 Å². The Bertz CT molecular complexity index is 410. The van der Waals surface area contributed by atoms with E-state index in [0.29, 0.717) is 5.92 Å². The number of hydrogen-bond donors (Lipinski definition) is 1. The third-order valence-electron chi connectivity index (χ3n) is 4.48. The van der Waals surface area contributed by atoms with E-state index >= 15 is 0 Å². The highest BCUT2D eigenvalue weighted by molar-refractivity contribution is 5.22. The average Bonchev–Trinajstić information content (AvgIpc) is 2.52. The molecule has 0 amide bonds. The minimum Gasteiger partial charge on any atom is -0.381 e. The molecule has 0 bridgehead atoms. The van der Waals surface area contributed by atoms with E-state index in [2.05, 4.69) is 10.2 Å². The lowest BCUT2D eigenvalue weighted by atomic mass is 9.85. The molecule has 0 aromatic heterocycles. The van der Waals surface area contributed by atoms with E-state index < -0.39 is 0 Å². The van der Waals surface area contributed by atoms with E-state index in [-0.39, 0.29) is 11.9 Å². The Morgan fingerprint density at radius 1 is 1.15 bits per heavy atom. The third-order valence-corrected chi connectivity index (χ3v) is 4.48. The van der Waals surface area contributed by atoms with Gasteiger partial charge in [0.2, 0.25) is 0 Å². The van der Waals surface area contributed by atoms with Gasteiger partial charge in [-0.2, -0.15) is 0 Å². The predicted octanol–water partition coefficient (Wildman–Crippen LogP) is 2.20. The second-order valence-electron chi connectivity index (χ2n) is 5.70. The van der Waals surface area contributed by atoms with Gasteiger partial charge in [0, 0.05) is 51.0 Å². The van der Waals surface area contributed by atoms with Crippen molar-refractivity contribution in [2.45, 2.75) is 18.9 Å². The minimum atomic E-state index is -0.0671. The zero-order chi connectivity index (χ0) is 13.8. The van der Waals surface area contributed by atoms with Crippen molar-refractivity contribution in [2.75, 3.05) is 39.4 Å². The molecule has 2 aliphatic rings. The first-order chi connectivity index (χ1) is 9.86. The summed E-state index contributed by atoms with van der Waals surface area (Å²) in [4.78, 5) is 2.45. The number of benzene rings is 1. The Balaban J connectivity index is 1.87. The predicted molar refractivity (Wildman–Crippen MR) is 77.1 cm³/mol. The highest BCUT2D eigenvalue weighted by Crippen LogP contribution is 2.36. The second kappa shape index (κ2) is 6.66. The molecular weight excluding hydrogens is 255 g/mol. The van der Waals surface area contributed by atoms with Crippen LogP contribution in [0.2, 0.25) is 0 Å². The van der Waals surface area contributed by atoms with Crippen molar-refractivity contribution in [2.24, 2.45) is 5.92 Å². The number of ether oxygens (including phenoxy) is 1. The lowest BCUT2D eigenvalue weighted by Crippen LogP contribution is -2.47. The Labute approximate surface area is 120 Å². The quantitative estimate of drug-likeness (QED) is 0.917. The number of halogens is 1. The Hall–Kier alpha value is -0.970. The number of piperazine rings is 1. The molecule has 0 saturated carbocycles. The first-order valence-electron chi connectivity index (χ1n) is 7.63. The first kappa shape index (κ1) is 14.0. The molecule has 1 N–H and O–H groups in total. The maximum Gasteiger partial charge on any atom is 0.127 e. The summed E-state index contributed by atoms with van der Waals surface area (Å²) in [6, 6.07) is 7.47. The van der Waals surface area contributed by atoms with Crippen LogP contribution in [0.5, 0.6) is 0 Å². The molecule has 3 nitrogen and oxygen atoms in total. The van der Waals surface area contributed by atoms with Crippen LogP contribution in [0.25, 0.3) is 0 Å². The zero-order valence-corrected chi connectivity index (χ0v) is 11.9. The van der Waals surface area contributed by atoms with Gasteiger partial charge in [-0.15, -0.1) is 0 Å². The lowest BCUT2D eigenvalue weighted by Gasteiger charge is -2.41. The molecule has 1 aromatic rings. The van der Waals surface area contributed by atoms with Crippen LogP contribution >= 0.6 is 0 Å². The molecule has 2 fully saturated rings. The van der Waals surface area contributed by atoms with E-state index in [1.54, 1.807) is 12.1 Å². The second-order valence-corrected chi connectivity index (χ2v) is 5.70. The molecule has 4 heteroatoms. The number of rotatable bonds is 3. The Kier molecular flexibility index (Phi) is 4.65.